The van der Waals surface area contributed by atoms with E-state index in [0.29, 0.717) is 17.7 Å². The van der Waals surface area contributed by atoms with Crippen LogP contribution in [0.1, 0.15) is 43.1 Å². The first kappa shape index (κ1) is 16.0. The minimum Gasteiger partial charge on any atom is -0.378 e. The molecule has 0 aromatic heterocycles. The zero-order valence-electron chi connectivity index (χ0n) is 13.4. The molecular formula is C17H26N2O2. The molecule has 1 aliphatic carbocycles. The highest BCUT2D eigenvalue weighted by atomic mass is 16.5. The van der Waals surface area contributed by atoms with Crippen molar-refractivity contribution in [2.75, 3.05) is 13.7 Å². The smallest absolute Gasteiger partial charge is 0.251 e. The molecule has 0 heterocycles. The van der Waals surface area contributed by atoms with Crippen LogP contribution in [0.25, 0.3) is 0 Å². The van der Waals surface area contributed by atoms with E-state index in [1.165, 1.54) is 5.56 Å². The number of nitrogens with one attached hydrogen (secondary N) is 2. The fraction of sp³-hybridized carbons (Fsp3) is 0.588. The molecule has 0 aliphatic heterocycles. The first-order valence-corrected chi connectivity index (χ1v) is 7.65. The van der Waals surface area contributed by atoms with Gasteiger partial charge in [-0.25, -0.2) is 0 Å². The Balaban J connectivity index is 1.85. The number of amides is 1. The van der Waals surface area contributed by atoms with Crippen molar-refractivity contribution in [3.05, 3.63) is 35.4 Å². The molecule has 0 unspecified atom stereocenters. The maximum Gasteiger partial charge on any atom is 0.251 e. The maximum absolute atomic E-state index is 11.5. The third kappa shape index (κ3) is 3.44. The van der Waals surface area contributed by atoms with Gasteiger partial charge in [0.1, 0.15) is 0 Å². The fourth-order valence-electron chi connectivity index (χ4n) is 2.88. The van der Waals surface area contributed by atoms with Gasteiger partial charge in [0.15, 0.2) is 0 Å². The standard InChI is InChI=1S/C17H26N2O2/c1-5-21-15-10-14(17(15,2)3)19-11-12-6-8-13(9-7-12)16(20)18-4/h6-9,14-15,19H,5,10-11H2,1-4H3,(H,18,20)/t14-,15+/m1/s1. The molecule has 21 heavy (non-hydrogen) atoms. The van der Waals surface area contributed by atoms with Gasteiger partial charge in [0, 0.05) is 37.2 Å². The highest BCUT2D eigenvalue weighted by molar-refractivity contribution is 5.93. The predicted molar refractivity (Wildman–Crippen MR) is 84.3 cm³/mol. The van der Waals surface area contributed by atoms with Gasteiger partial charge in [0.2, 0.25) is 0 Å². The molecule has 2 atom stereocenters. The molecule has 1 saturated carbocycles. The molecule has 2 N–H and O–H groups in total. The lowest BCUT2D eigenvalue weighted by molar-refractivity contribution is -0.114. The number of carbonyl (C=O) groups is 1. The van der Waals surface area contributed by atoms with Crippen LogP contribution >= 0.6 is 0 Å². The van der Waals surface area contributed by atoms with Crippen molar-refractivity contribution in [1.29, 1.82) is 0 Å². The molecule has 4 nitrogen and oxygen atoms in total. The van der Waals surface area contributed by atoms with Crippen molar-refractivity contribution < 1.29 is 9.53 Å². The number of carbonyl (C=O) groups excluding carboxylic acids is 1. The van der Waals surface area contributed by atoms with Gasteiger partial charge in [-0.3, -0.25) is 4.79 Å². The quantitative estimate of drug-likeness (QED) is 0.845. The second-order valence-corrected chi connectivity index (χ2v) is 6.21. The van der Waals surface area contributed by atoms with E-state index in [2.05, 4.69) is 24.5 Å². The summed E-state index contributed by atoms with van der Waals surface area (Å²) >= 11 is 0. The SMILES string of the molecule is CCO[C@H]1C[C@@H](NCc2ccc(C(=O)NC)cc2)C1(C)C. The second kappa shape index (κ2) is 6.58. The maximum atomic E-state index is 11.5. The van der Waals surface area contributed by atoms with Crippen molar-refractivity contribution in [2.45, 2.75) is 45.9 Å². The summed E-state index contributed by atoms with van der Waals surface area (Å²) < 4.78 is 5.75. The van der Waals surface area contributed by atoms with Crippen molar-refractivity contribution >= 4 is 5.91 Å². The number of benzene rings is 1. The average Bonchev–Trinajstić information content (AvgIpc) is 2.50. The van der Waals surface area contributed by atoms with Crippen molar-refractivity contribution in [2.24, 2.45) is 5.41 Å². The molecule has 4 heteroatoms. The zero-order chi connectivity index (χ0) is 15.5. The molecule has 1 amide bonds. The van der Waals surface area contributed by atoms with Gasteiger partial charge in [0.25, 0.3) is 5.91 Å². The van der Waals surface area contributed by atoms with Gasteiger partial charge < -0.3 is 15.4 Å². The Labute approximate surface area is 127 Å². The number of ether oxygens (including phenoxy) is 1. The van der Waals surface area contributed by atoms with Crippen LogP contribution in [-0.2, 0) is 11.3 Å². The molecule has 116 valence electrons. The van der Waals surface area contributed by atoms with Crippen molar-refractivity contribution in [1.82, 2.24) is 10.6 Å². The second-order valence-electron chi connectivity index (χ2n) is 6.21. The predicted octanol–water partition coefficient (Wildman–Crippen LogP) is 2.34. The molecule has 0 saturated heterocycles. The van der Waals surface area contributed by atoms with Gasteiger partial charge >= 0.3 is 0 Å². The van der Waals surface area contributed by atoms with E-state index in [1.807, 2.05) is 31.2 Å². The molecule has 0 bridgehead atoms. The van der Waals surface area contributed by atoms with Crippen LogP contribution in [0.3, 0.4) is 0 Å². The van der Waals surface area contributed by atoms with Gasteiger partial charge in [-0.2, -0.15) is 0 Å². The Morgan fingerprint density at radius 3 is 2.52 bits per heavy atom. The van der Waals surface area contributed by atoms with E-state index >= 15 is 0 Å². The van der Waals surface area contributed by atoms with Crippen LogP contribution in [0.15, 0.2) is 24.3 Å². The zero-order valence-corrected chi connectivity index (χ0v) is 13.4. The van der Waals surface area contributed by atoms with Crippen LogP contribution in [0.5, 0.6) is 0 Å². The minimum atomic E-state index is -0.0470. The highest BCUT2D eigenvalue weighted by Gasteiger charge is 2.48. The third-order valence-electron chi connectivity index (χ3n) is 4.54. The van der Waals surface area contributed by atoms with Crippen LogP contribution in [0.4, 0.5) is 0 Å². The van der Waals surface area contributed by atoms with Crippen molar-refractivity contribution in [3.8, 4) is 0 Å². The summed E-state index contributed by atoms with van der Waals surface area (Å²) in [5.74, 6) is -0.0470. The summed E-state index contributed by atoms with van der Waals surface area (Å²) in [6.07, 6.45) is 1.42. The Hall–Kier alpha value is -1.39. The molecule has 1 aliphatic rings. The van der Waals surface area contributed by atoms with Crippen LogP contribution in [0, 0.1) is 5.41 Å². The van der Waals surface area contributed by atoms with E-state index in [-0.39, 0.29) is 11.3 Å². The lowest BCUT2D eigenvalue weighted by Gasteiger charge is -2.52. The molecular weight excluding hydrogens is 264 g/mol. The molecule has 0 spiro atoms. The Morgan fingerprint density at radius 2 is 2.00 bits per heavy atom. The first-order chi connectivity index (χ1) is 9.98. The average molecular weight is 290 g/mol. The lowest BCUT2D eigenvalue weighted by Crippen LogP contribution is -2.60. The van der Waals surface area contributed by atoms with Crippen LogP contribution in [-0.4, -0.2) is 31.7 Å². The van der Waals surface area contributed by atoms with E-state index in [1.54, 1.807) is 7.05 Å². The van der Waals surface area contributed by atoms with Gasteiger partial charge in [0.05, 0.1) is 6.10 Å². The molecule has 2 rings (SSSR count). The number of rotatable bonds is 6. The fourth-order valence-corrected chi connectivity index (χ4v) is 2.88. The summed E-state index contributed by atoms with van der Waals surface area (Å²) in [5.41, 5.74) is 2.07. The van der Waals surface area contributed by atoms with Gasteiger partial charge in [-0.1, -0.05) is 26.0 Å². The summed E-state index contributed by atoms with van der Waals surface area (Å²) in [4.78, 5) is 11.5. The topological polar surface area (TPSA) is 50.4 Å². The summed E-state index contributed by atoms with van der Waals surface area (Å²) in [7, 11) is 1.64. The normalized spacial score (nSPS) is 23.4. The number of hydrogen-bond donors (Lipinski definition) is 2. The van der Waals surface area contributed by atoms with Crippen molar-refractivity contribution in [3.63, 3.8) is 0 Å². The van der Waals surface area contributed by atoms with Gasteiger partial charge in [-0.15, -0.1) is 0 Å². The van der Waals surface area contributed by atoms with E-state index in [9.17, 15) is 4.79 Å². The summed E-state index contributed by atoms with van der Waals surface area (Å²) in [6, 6.07) is 8.22. The third-order valence-corrected chi connectivity index (χ3v) is 4.54. The molecule has 1 fully saturated rings. The molecule has 1 aromatic rings. The molecule has 0 radical (unpaired) electrons. The lowest BCUT2D eigenvalue weighted by atomic mass is 9.64. The summed E-state index contributed by atoms with van der Waals surface area (Å²) in [6.45, 7) is 8.15. The number of hydrogen-bond acceptors (Lipinski definition) is 3. The van der Waals surface area contributed by atoms with E-state index in [0.717, 1.165) is 19.6 Å². The first-order valence-electron chi connectivity index (χ1n) is 7.65. The Bertz CT molecular complexity index is 482. The van der Waals surface area contributed by atoms with Crippen LogP contribution in [0.2, 0.25) is 0 Å². The van der Waals surface area contributed by atoms with Crippen LogP contribution < -0.4 is 10.6 Å². The minimum absolute atomic E-state index is 0.0470. The Morgan fingerprint density at radius 1 is 1.33 bits per heavy atom. The van der Waals surface area contributed by atoms with E-state index in [4.69, 9.17) is 4.74 Å². The van der Waals surface area contributed by atoms with Gasteiger partial charge in [-0.05, 0) is 31.0 Å². The molecule has 1 aromatic carbocycles. The monoisotopic (exact) mass is 290 g/mol. The highest BCUT2D eigenvalue weighted by Crippen LogP contribution is 2.42. The summed E-state index contributed by atoms with van der Waals surface area (Å²) in [5, 5.41) is 6.22. The van der Waals surface area contributed by atoms with E-state index < -0.39 is 0 Å². The Kier molecular flexibility index (Phi) is 5.01. The largest absolute Gasteiger partial charge is 0.378 e.